The summed E-state index contributed by atoms with van der Waals surface area (Å²) in [6, 6.07) is 6.84. The molecule has 25 heavy (non-hydrogen) atoms. The number of amides is 2. The van der Waals surface area contributed by atoms with E-state index in [-0.39, 0.29) is 11.8 Å². The first kappa shape index (κ1) is 19.2. The summed E-state index contributed by atoms with van der Waals surface area (Å²) in [7, 11) is 0. The van der Waals surface area contributed by atoms with Gasteiger partial charge in [0, 0.05) is 19.5 Å². The average Bonchev–Trinajstić information content (AvgIpc) is 2.62. The van der Waals surface area contributed by atoms with Crippen LogP contribution in [0.3, 0.4) is 0 Å². The van der Waals surface area contributed by atoms with Gasteiger partial charge in [0.25, 0.3) is 5.91 Å². The minimum Gasteiger partial charge on any atom is -0.452 e. The summed E-state index contributed by atoms with van der Waals surface area (Å²) < 4.78 is 5.29. The Hall–Kier alpha value is -2.08. The van der Waals surface area contributed by atoms with Crippen LogP contribution < -0.4 is 5.32 Å². The molecule has 1 aliphatic rings. The van der Waals surface area contributed by atoms with E-state index in [1.165, 1.54) is 6.92 Å². The Balaban J connectivity index is 1.89. The van der Waals surface area contributed by atoms with Crippen molar-refractivity contribution >= 4 is 35.1 Å². The number of likely N-dealkylation sites (tertiary alicyclic amines) is 1. The second-order valence-electron chi connectivity index (χ2n) is 6.08. The van der Waals surface area contributed by atoms with Crippen LogP contribution in [-0.2, 0) is 19.1 Å². The number of ether oxygens (including phenoxy) is 1. The summed E-state index contributed by atoms with van der Waals surface area (Å²) in [4.78, 5) is 38.0. The number of halogens is 1. The van der Waals surface area contributed by atoms with Gasteiger partial charge in [-0.05, 0) is 31.9 Å². The zero-order valence-corrected chi connectivity index (χ0v) is 15.2. The Labute approximate surface area is 152 Å². The topological polar surface area (TPSA) is 75.7 Å². The second kappa shape index (κ2) is 8.85. The van der Waals surface area contributed by atoms with Crippen molar-refractivity contribution < 1.29 is 19.1 Å². The fraction of sp³-hybridized carbons (Fsp3) is 0.500. The Bertz CT molecular complexity index is 650. The van der Waals surface area contributed by atoms with Gasteiger partial charge in [-0.3, -0.25) is 14.4 Å². The molecular formula is C18H23ClN2O4. The molecule has 0 bridgehead atoms. The number of anilines is 1. The van der Waals surface area contributed by atoms with Crippen molar-refractivity contribution in [2.75, 3.05) is 18.4 Å². The van der Waals surface area contributed by atoms with Crippen molar-refractivity contribution in [1.82, 2.24) is 4.90 Å². The number of carbonyl (C=O) groups excluding carboxylic acids is 3. The molecule has 1 aromatic carbocycles. The van der Waals surface area contributed by atoms with Crippen molar-refractivity contribution in [1.29, 1.82) is 0 Å². The minimum atomic E-state index is -0.943. The highest BCUT2D eigenvalue weighted by Gasteiger charge is 2.31. The Morgan fingerprint density at radius 3 is 2.76 bits per heavy atom. The van der Waals surface area contributed by atoms with Crippen LogP contribution >= 0.6 is 11.6 Å². The number of esters is 1. The van der Waals surface area contributed by atoms with Crippen molar-refractivity contribution in [3.05, 3.63) is 29.3 Å². The van der Waals surface area contributed by atoms with E-state index in [0.717, 1.165) is 6.42 Å². The number of para-hydroxylation sites is 1. The van der Waals surface area contributed by atoms with Gasteiger partial charge in [-0.15, -0.1) is 0 Å². The first-order chi connectivity index (χ1) is 11.9. The predicted molar refractivity (Wildman–Crippen MR) is 95.2 cm³/mol. The van der Waals surface area contributed by atoms with Gasteiger partial charge < -0.3 is 15.0 Å². The normalized spacial score (nSPS) is 18.4. The van der Waals surface area contributed by atoms with E-state index in [0.29, 0.717) is 36.6 Å². The van der Waals surface area contributed by atoms with Gasteiger partial charge in [-0.1, -0.05) is 30.7 Å². The summed E-state index contributed by atoms with van der Waals surface area (Å²) >= 11 is 6.00. The molecule has 136 valence electrons. The maximum absolute atomic E-state index is 12.3. The van der Waals surface area contributed by atoms with Gasteiger partial charge in [0.15, 0.2) is 6.10 Å². The third-order valence-electron chi connectivity index (χ3n) is 4.20. The second-order valence-corrected chi connectivity index (χ2v) is 6.49. The molecule has 0 aliphatic carbocycles. The molecule has 2 rings (SSSR count). The lowest BCUT2D eigenvalue weighted by Gasteiger charge is -2.31. The van der Waals surface area contributed by atoms with Gasteiger partial charge in [0.2, 0.25) is 5.91 Å². The standard InChI is InChI=1S/C18H23ClN2O4/c1-3-16(22)21-10-6-7-13(11-21)18(24)25-12(2)17(23)20-15-9-5-4-8-14(15)19/h4-5,8-9,12-13H,3,6-7,10-11H2,1-2H3,(H,20,23). The predicted octanol–water partition coefficient (Wildman–Crippen LogP) is 2.86. The number of hydrogen-bond donors (Lipinski definition) is 1. The molecule has 1 N–H and O–H groups in total. The van der Waals surface area contributed by atoms with Gasteiger partial charge in [-0.25, -0.2) is 0 Å². The maximum atomic E-state index is 12.3. The Kier molecular flexibility index (Phi) is 6.82. The minimum absolute atomic E-state index is 0.0296. The van der Waals surface area contributed by atoms with E-state index in [2.05, 4.69) is 5.32 Å². The van der Waals surface area contributed by atoms with E-state index < -0.39 is 18.0 Å². The Morgan fingerprint density at radius 1 is 1.36 bits per heavy atom. The van der Waals surface area contributed by atoms with Gasteiger partial charge >= 0.3 is 5.97 Å². The van der Waals surface area contributed by atoms with E-state index in [9.17, 15) is 14.4 Å². The third kappa shape index (κ3) is 5.19. The van der Waals surface area contributed by atoms with Crippen LogP contribution in [-0.4, -0.2) is 41.9 Å². The number of carbonyl (C=O) groups is 3. The number of benzene rings is 1. The van der Waals surface area contributed by atoms with Crippen LogP contribution in [0.15, 0.2) is 24.3 Å². The molecule has 1 heterocycles. The highest BCUT2D eigenvalue weighted by molar-refractivity contribution is 6.33. The van der Waals surface area contributed by atoms with Gasteiger partial charge in [0.05, 0.1) is 16.6 Å². The zero-order chi connectivity index (χ0) is 18.4. The van der Waals surface area contributed by atoms with Crippen molar-refractivity contribution in [2.24, 2.45) is 5.92 Å². The summed E-state index contributed by atoms with van der Waals surface area (Å²) in [5.41, 5.74) is 0.467. The van der Waals surface area contributed by atoms with Gasteiger partial charge in [-0.2, -0.15) is 0 Å². The molecule has 0 saturated carbocycles. The van der Waals surface area contributed by atoms with Crippen LogP contribution in [0, 0.1) is 5.92 Å². The Morgan fingerprint density at radius 2 is 2.08 bits per heavy atom. The molecule has 2 atom stereocenters. The molecule has 1 saturated heterocycles. The molecular weight excluding hydrogens is 344 g/mol. The van der Waals surface area contributed by atoms with E-state index in [1.807, 2.05) is 0 Å². The number of nitrogens with zero attached hydrogens (tertiary/aromatic N) is 1. The smallest absolute Gasteiger partial charge is 0.311 e. The molecule has 0 spiro atoms. The van der Waals surface area contributed by atoms with Crippen LogP contribution in [0.1, 0.15) is 33.1 Å². The zero-order valence-electron chi connectivity index (χ0n) is 14.5. The van der Waals surface area contributed by atoms with Crippen molar-refractivity contribution in [3.63, 3.8) is 0 Å². The number of hydrogen-bond acceptors (Lipinski definition) is 4. The largest absolute Gasteiger partial charge is 0.452 e. The summed E-state index contributed by atoms with van der Waals surface area (Å²) in [5, 5.41) is 3.05. The number of nitrogens with one attached hydrogen (secondary N) is 1. The van der Waals surface area contributed by atoms with E-state index >= 15 is 0 Å². The molecule has 1 aromatic rings. The maximum Gasteiger partial charge on any atom is 0.311 e. The summed E-state index contributed by atoms with van der Waals surface area (Å²) in [5.74, 6) is -1.25. The quantitative estimate of drug-likeness (QED) is 0.813. The number of piperidine rings is 1. The van der Waals surface area contributed by atoms with E-state index in [4.69, 9.17) is 16.3 Å². The van der Waals surface area contributed by atoms with Crippen LogP contribution in [0.4, 0.5) is 5.69 Å². The lowest BCUT2D eigenvalue weighted by molar-refractivity contribution is -0.159. The first-order valence-corrected chi connectivity index (χ1v) is 8.83. The fourth-order valence-electron chi connectivity index (χ4n) is 2.74. The highest BCUT2D eigenvalue weighted by atomic mass is 35.5. The van der Waals surface area contributed by atoms with Crippen LogP contribution in [0.25, 0.3) is 0 Å². The molecule has 2 amide bonds. The highest BCUT2D eigenvalue weighted by Crippen LogP contribution is 2.22. The van der Waals surface area contributed by atoms with Gasteiger partial charge in [0.1, 0.15) is 0 Å². The summed E-state index contributed by atoms with van der Waals surface area (Å²) in [6.07, 6.45) is 0.885. The molecule has 0 aromatic heterocycles. The molecule has 1 fully saturated rings. The number of rotatable bonds is 5. The van der Waals surface area contributed by atoms with Crippen molar-refractivity contribution in [2.45, 2.75) is 39.2 Å². The molecule has 7 heteroatoms. The average molecular weight is 367 g/mol. The first-order valence-electron chi connectivity index (χ1n) is 8.46. The molecule has 1 aliphatic heterocycles. The lowest BCUT2D eigenvalue weighted by Crippen LogP contribution is -2.43. The monoisotopic (exact) mass is 366 g/mol. The van der Waals surface area contributed by atoms with E-state index in [1.54, 1.807) is 36.1 Å². The SMILES string of the molecule is CCC(=O)N1CCCC(C(=O)OC(C)C(=O)Nc2ccccc2Cl)C1. The van der Waals surface area contributed by atoms with Crippen molar-refractivity contribution in [3.8, 4) is 0 Å². The lowest BCUT2D eigenvalue weighted by atomic mass is 9.98. The molecule has 2 unspecified atom stereocenters. The van der Waals surface area contributed by atoms with Crippen LogP contribution in [0.2, 0.25) is 5.02 Å². The third-order valence-corrected chi connectivity index (χ3v) is 4.53. The summed E-state index contributed by atoms with van der Waals surface area (Å²) in [6.45, 7) is 4.33. The molecule has 6 nitrogen and oxygen atoms in total. The molecule has 0 radical (unpaired) electrons. The van der Waals surface area contributed by atoms with Crippen LogP contribution in [0.5, 0.6) is 0 Å². The fourth-order valence-corrected chi connectivity index (χ4v) is 2.92.